The second-order valence-electron chi connectivity index (χ2n) is 3.43. The summed E-state index contributed by atoms with van der Waals surface area (Å²) in [5.41, 5.74) is 1.09. The van der Waals surface area contributed by atoms with Crippen molar-refractivity contribution in [3.8, 4) is 0 Å². The van der Waals surface area contributed by atoms with Crippen molar-refractivity contribution in [1.29, 1.82) is 0 Å². The van der Waals surface area contributed by atoms with E-state index < -0.39 is 5.97 Å². The van der Waals surface area contributed by atoms with Gasteiger partial charge in [0.2, 0.25) is 0 Å². The highest BCUT2D eigenvalue weighted by Gasteiger charge is 2.28. The molecule has 0 atom stereocenters. The minimum Gasteiger partial charge on any atom is -0.478 e. The fourth-order valence-corrected chi connectivity index (χ4v) is 2.29. The van der Waals surface area contributed by atoms with Crippen LogP contribution in [0.4, 0.5) is 0 Å². The Morgan fingerprint density at radius 3 is 2.93 bits per heavy atom. The Balaban J connectivity index is 2.26. The molecule has 0 aromatic carbocycles. The van der Waals surface area contributed by atoms with Crippen molar-refractivity contribution in [2.45, 2.75) is 25.7 Å². The molecule has 14 heavy (non-hydrogen) atoms. The topological polar surface area (TPSA) is 50.2 Å². The van der Waals surface area contributed by atoms with Gasteiger partial charge in [-0.1, -0.05) is 0 Å². The molecule has 1 heterocycles. The third-order valence-corrected chi connectivity index (χ3v) is 3.08. The van der Waals surface area contributed by atoms with Crippen molar-refractivity contribution in [1.82, 2.24) is 4.98 Å². The van der Waals surface area contributed by atoms with Gasteiger partial charge in [-0.2, -0.15) is 0 Å². The zero-order valence-electron chi connectivity index (χ0n) is 7.86. The van der Waals surface area contributed by atoms with Crippen molar-refractivity contribution in [3.63, 3.8) is 0 Å². The van der Waals surface area contributed by atoms with Gasteiger partial charge in [-0.3, -0.25) is 0 Å². The third-order valence-electron chi connectivity index (χ3n) is 2.13. The second-order valence-corrected chi connectivity index (χ2v) is 4.66. The van der Waals surface area contributed by atoms with Gasteiger partial charge in [-0.05, 0) is 25.8 Å². The first-order chi connectivity index (χ1) is 6.66. The quantitative estimate of drug-likeness (QED) is 0.778. The molecule has 0 saturated heterocycles. The molecule has 3 nitrogen and oxygen atoms in total. The van der Waals surface area contributed by atoms with E-state index in [-0.39, 0.29) is 0 Å². The Labute approximate surface area is 86.1 Å². The van der Waals surface area contributed by atoms with Crippen LogP contribution >= 0.6 is 11.3 Å². The number of carboxylic acid groups (broad SMARTS) is 1. The number of rotatable bonds is 3. The number of nitrogens with zero attached hydrogens (tertiary/aromatic N) is 1. The Hall–Kier alpha value is -1.16. The molecule has 0 aliphatic heterocycles. The van der Waals surface area contributed by atoms with Crippen LogP contribution in [0.5, 0.6) is 0 Å². The lowest BCUT2D eigenvalue weighted by atomic mass is 10.2. The van der Waals surface area contributed by atoms with E-state index in [1.807, 2.05) is 6.92 Å². The number of aliphatic carboxylic acids is 1. The lowest BCUT2D eigenvalue weighted by molar-refractivity contribution is -0.131. The van der Waals surface area contributed by atoms with Gasteiger partial charge in [0, 0.05) is 12.0 Å². The number of thiazole rings is 1. The van der Waals surface area contributed by atoms with Crippen LogP contribution in [0.25, 0.3) is 6.08 Å². The minimum absolute atomic E-state index is 0.577. The minimum atomic E-state index is -0.905. The van der Waals surface area contributed by atoms with Gasteiger partial charge in [-0.15, -0.1) is 11.3 Å². The molecule has 74 valence electrons. The zero-order valence-corrected chi connectivity index (χ0v) is 8.67. The maximum Gasteiger partial charge on any atom is 0.328 e. The first-order valence-electron chi connectivity index (χ1n) is 4.55. The Kier molecular flexibility index (Phi) is 2.37. The largest absolute Gasteiger partial charge is 0.478 e. The summed E-state index contributed by atoms with van der Waals surface area (Å²) in [4.78, 5) is 15.8. The van der Waals surface area contributed by atoms with Gasteiger partial charge < -0.3 is 5.11 Å². The molecule has 0 unspecified atom stereocenters. The Morgan fingerprint density at radius 2 is 2.36 bits per heavy atom. The number of carboxylic acids is 1. The fourth-order valence-electron chi connectivity index (χ4n) is 1.37. The van der Waals surface area contributed by atoms with Gasteiger partial charge in [0.05, 0.1) is 15.6 Å². The number of hydrogen-bond donors (Lipinski definition) is 1. The molecule has 1 fully saturated rings. The average Bonchev–Trinajstić information content (AvgIpc) is 2.87. The van der Waals surface area contributed by atoms with E-state index in [9.17, 15) is 4.79 Å². The van der Waals surface area contributed by atoms with Gasteiger partial charge in [0.25, 0.3) is 0 Å². The number of carbonyl (C=O) groups is 1. The van der Waals surface area contributed by atoms with Crippen molar-refractivity contribution in [3.05, 3.63) is 21.7 Å². The molecular weight excluding hydrogens is 198 g/mol. The zero-order chi connectivity index (χ0) is 10.1. The summed E-state index contributed by atoms with van der Waals surface area (Å²) in [6, 6.07) is 0. The predicted molar refractivity (Wildman–Crippen MR) is 55.5 cm³/mol. The number of aryl methyl sites for hydroxylation is 1. The molecule has 1 aromatic rings. The molecule has 1 saturated carbocycles. The molecule has 1 aliphatic rings. The SMILES string of the molecule is Cc1nc(C2CC2)c(/C=C/C(=O)O)s1. The smallest absolute Gasteiger partial charge is 0.328 e. The van der Waals surface area contributed by atoms with Crippen LogP contribution in [0.1, 0.15) is 34.3 Å². The molecule has 1 N–H and O–H groups in total. The van der Waals surface area contributed by atoms with Crippen molar-refractivity contribution < 1.29 is 9.90 Å². The van der Waals surface area contributed by atoms with E-state index in [4.69, 9.17) is 5.11 Å². The first-order valence-corrected chi connectivity index (χ1v) is 5.37. The van der Waals surface area contributed by atoms with Crippen LogP contribution in [-0.2, 0) is 4.79 Å². The molecule has 4 heteroatoms. The van der Waals surface area contributed by atoms with E-state index in [1.165, 1.54) is 18.9 Å². The van der Waals surface area contributed by atoms with E-state index in [1.54, 1.807) is 17.4 Å². The van der Waals surface area contributed by atoms with Crippen molar-refractivity contribution in [2.24, 2.45) is 0 Å². The monoisotopic (exact) mass is 209 g/mol. The highest BCUT2D eigenvalue weighted by Crippen LogP contribution is 2.42. The van der Waals surface area contributed by atoms with Crippen molar-refractivity contribution in [2.75, 3.05) is 0 Å². The van der Waals surface area contributed by atoms with Gasteiger partial charge in [0.15, 0.2) is 0 Å². The highest BCUT2D eigenvalue weighted by atomic mass is 32.1. The summed E-state index contributed by atoms with van der Waals surface area (Å²) in [5, 5.41) is 9.54. The first kappa shape index (κ1) is 9.40. The van der Waals surface area contributed by atoms with Crippen LogP contribution in [0.15, 0.2) is 6.08 Å². The maximum atomic E-state index is 10.4. The molecule has 1 aromatic heterocycles. The summed E-state index contributed by atoms with van der Waals surface area (Å²) >= 11 is 1.56. The van der Waals surface area contributed by atoms with Crippen LogP contribution in [0, 0.1) is 6.92 Å². The highest BCUT2D eigenvalue weighted by molar-refractivity contribution is 7.12. The van der Waals surface area contributed by atoms with Gasteiger partial charge in [0.1, 0.15) is 0 Å². The molecule has 0 bridgehead atoms. The summed E-state index contributed by atoms with van der Waals surface area (Å²) < 4.78 is 0. The van der Waals surface area contributed by atoms with E-state index >= 15 is 0 Å². The average molecular weight is 209 g/mol. The summed E-state index contributed by atoms with van der Waals surface area (Å²) in [6.45, 7) is 1.95. The third kappa shape index (κ3) is 2.01. The van der Waals surface area contributed by atoms with E-state index in [0.29, 0.717) is 5.92 Å². The van der Waals surface area contributed by atoms with E-state index in [2.05, 4.69) is 4.98 Å². The number of hydrogen-bond acceptors (Lipinski definition) is 3. The standard InChI is InChI=1S/C10H11NO2S/c1-6-11-10(7-2-3-7)8(14-6)4-5-9(12)13/h4-5,7H,2-3H2,1H3,(H,12,13)/b5-4+. The van der Waals surface area contributed by atoms with Gasteiger partial charge >= 0.3 is 5.97 Å². The van der Waals surface area contributed by atoms with Crippen LogP contribution in [0.2, 0.25) is 0 Å². The second kappa shape index (κ2) is 3.53. The summed E-state index contributed by atoms with van der Waals surface area (Å²) in [7, 11) is 0. The lowest BCUT2D eigenvalue weighted by Crippen LogP contribution is -1.87. The molecule has 0 spiro atoms. The van der Waals surface area contributed by atoms with Crippen molar-refractivity contribution >= 4 is 23.4 Å². The molecule has 2 rings (SSSR count). The number of aromatic nitrogens is 1. The van der Waals surface area contributed by atoms with Gasteiger partial charge in [-0.25, -0.2) is 9.78 Å². The molecular formula is C10H11NO2S. The lowest BCUT2D eigenvalue weighted by Gasteiger charge is -1.91. The molecule has 0 amide bonds. The summed E-state index contributed by atoms with van der Waals surface area (Å²) in [6.07, 6.45) is 5.22. The predicted octanol–water partition coefficient (Wildman–Crippen LogP) is 2.43. The Bertz CT molecular complexity index is 391. The van der Waals surface area contributed by atoms with Crippen LogP contribution in [0.3, 0.4) is 0 Å². The van der Waals surface area contributed by atoms with E-state index in [0.717, 1.165) is 15.6 Å². The normalized spacial score (nSPS) is 16.4. The Morgan fingerprint density at radius 1 is 1.64 bits per heavy atom. The van der Waals surface area contributed by atoms with Crippen LogP contribution < -0.4 is 0 Å². The summed E-state index contributed by atoms with van der Waals surface area (Å²) in [5.74, 6) is -0.328. The maximum absolute atomic E-state index is 10.4. The fraction of sp³-hybridized carbons (Fsp3) is 0.400. The molecule has 0 radical (unpaired) electrons. The van der Waals surface area contributed by atoms with Crippen LogP contribution in [-0.4, -0.2) is 16.1 Å². The molecule has 1 aliphatic carbocycles.